The molecule has 0 bridgehead atoms. The van der Waals surface area contributed by atoms with Crippen molar-refractivity contribution < 1.29 is 23.0 Å². The lowest BCUT2D eigenvalue weighted by Gasteiger charge is -2.30. The Morgan fingerprint density at radius 3 is 2.38 bits per heavy atom. The zero-order chi connectivity index (χ0) is 20.6. The van der Waals surface area contributed by atoms with Gasteiger partial charge in [-0.1, -0.05) is 24.3 Å². The van der Waals surface area contributed by atoms with Crippen molar-refractivity contribution in [3.8, 4) is 11.8 Å². The summed E-state index contributed by atoms with van der Waals surface area (Å²) in [5, 5.41) is 18.8. The first-order valence-corrected chi connectivity index (χ1v) is 9.33. The first-order valence-electron chi connectivity index (χ1n) is 9.33. The molecule has 0 aliphatic carbocycles. The summed E-state index contributed by atoms with van der Waals surface area (Å²) in [5.74, 6) is 0.0422. The molecule has 1 aromatic heterocycles. The number of nitrogens with zero attached hydrogens (tertiary/aromatic N) is 3. The molecule has 2 atom stereocenters. The molecule has 1 saturated heterocycles. The first-order chi connectivity index (χ1) is 13.8. The van der Waals surface area contributed by atoms with Gasteiger partial charge in [-0.3, -0.25) is 4.90 Å². The van der Waals surface area contributed by atoms with Gasteiger partial charge in [-0.2, -0.15) is 13.2 Å². The van der Waals surface area contributed by atoms with Crippen molar-refractivity contribution in [1.82, 2.24) is 15.1 Å². The molecule has 4 rings (SSSR count). The van der Waals surface area contributed by atoms with E-state index in [0.29, 0.717) is 16.3 Å². The Hall–Kier alpha value is -2.87. The van der Waals surface area contributed by atoms with Gasteiger partial charge < -0.3 is 9.84 Å². The highest BCUT2D eigenvalue weighted by molar-refractivity contribution is 5.90. The Morgan fingerprint density at radius 1 is 1.07 bits per heavy atom. The van der Waals surface area contributed by atoms with Crippen LogP contribution in [0.3, 0.4) is 0 Å². The molecule has 0 radical (unpaired) electrons. The summed E-state index contributed by atoms with van der Waals surface area (Å²) in [6.45, 7) is 0.882. The summed E-state index contributed by atoms with van der Waals surface area (Å²) < 4.78 is 45.1. The molecule has 1 N–H and O–H groups in total. The van der Waals surface area contributed by atoms with E-state index in [9.17, 15) is 18.3 Å². The number of likely N-dealkylation sites (N-methyl/N-ethyl adjacent to an activating group) is 1. The number of rotatable bonds is 4. The third kappa shape index (κ3) is 3.85. The minimum Gasteiger partial charge on any atom is -0.492 e. The van der Waals surface area contributed by atoms with E-state index >= 15 is 0 Å². The SMILES string of the molecule is CN1CCC[C@H]1C(Oc1nnc(O)c2ccccc12)c1ccc(C(F)(F)F)cc1. The molecule has 0 amide bonds. The van der Waals surface area contributed by atoms with E-state index in [4.69, 9.17) is 4.74 Å². The Labute approximate surface area is 165 Å². The van der Waals surface area contributed by atoms with Gasteiger partial charge in [0, 0.05) is 0 Å². The number of benzene rings is 2. The van der Waals surface area contributed by atoms with Gasteiger partial charge in [-0.05, 0) is 56.3 Å². The van der Waals surface area contributed by atoms with Gasteiger partial charge in [0.15, 0.2) is 0 Å². The fourth-order valence-corrected chi connectivity index (χ4v) is 3.82. The fourth-order valence-electron chi connectivity index (χ4n) is 3.82. The van der Waals surface area contributed by atoms with Gasteiger partial charge in [-0.25, -0.2) is 0 Å². The van der Waals surface area contributed by atoms with E-state index in [-0.39, 0.29) is 17.8 Å². The number of hydrogen-bond acceptors (Lipinski definition) is 5. The second-order valence-electron chi connectivity index (χ2n) is 7.22. The highest BCUT2D eigenvalue weighted by Crippen LogP contribution is 2.37. The summed E-state index contributed by atoms with van der Waals surface area (Å²) in [5.41, 5.74) is -0.0645. The van der Waals surface area contributed by atoms with Crippen LogP contribution in [0, 0.1) is 0 Å². The maximum absolute atomic E-state index is 13.0. The largest absolute Gasteiger partial charge is 0.492 e. The molecular weight excluding hydrogens is 383 g/mol. The van der Waals surface area contributed by atoms with Crippen LogP contribution in [0.25, 0.3) is 10.8 Å². The normalized spacial score (nSPS) is 18.8. The van der Waals surface area contributed by atoms with Crippen molar-refractivity contribution in [3.63, 3.8) is 0 Å². The second-order valence-corrected chi connectivity index (χ2v) is 7.22. The lowest BCUT2D eigenvalue weighted by molar-refractivity contribution is -0.137. The number of ether oxygens (including phenoxy) is 1. The predicted molar refractivity (Wildman–Crippen MR) is 102 cm³/mol. The summed E-state index contributed by atoms with van der Waals surface area (Å²) in [6.07, 6.45) is -3.08. The van der Waals surface area contributed by atoms with Crippen LogP contribution in [0.15, 0.2) is 48.5 Å². The van der Waals surface area contributed by atoms with Crippen LogP contribution in [0.2, 0.25) is 0 Å². The molecule has 1 aliphatic heterocycles. The third-order valence-corrected chi connectivity index (χ3v) is 5.37. The number of alkyl halides is 3. The van der Waals surface area contributed by atoms with Crippen LogP contribution >= 0.6 is 0 Å². The quantitative estimate of drug-likeness (QED) is 0.692. The number of likely N-dealkylation sites (tertiary alicyclic amines) is 1. The average molecular weight is 403 g/mol. The average Bonchev–Trinajstić information content (AvgIpc) is 3.13. The molecule has 0 saturated carbocycles. The van der Waals surface area contributed by atoms with E-state index in [1.807, 2.05) is 7.05 Å². The fraction of sp³-hybridized carbons (Fsp3) is 0.333. The first kappa shape index (κ1) is 19.4. The molecule has 8 heteroatoms. The number of hydrogen-bond donors (Lipinski definition) is 1. The number of fused-ring (bicyclic) bond motifs is 1. The Balaban J connectivity index is 1.74. The molecule has 3 aromatic rings. The summed E-state index contributed by atoms with van der Waals surface area (Å²) in [6, 6.07) is 12.1. The molecule has 2 heterocycles. The van der Waals surface area contributed by atoms with Crippen LogP contribution in [-0.4, -0.2) is 39.8 Å². The van der Waals surface area contributed by atoms with Crippen LogP contribution in [0.4, 0.5) is 13.2 Å². The van der Waals surface area contributed by atoms with Crippen molar-refractivity contribution in [2.24, 2.45) is 0 Å². The maximum atomic E-state index is 13.0. The van der Waals surface area contributed by atoms with Gasteiger partial charge in [0.05, 0.1) is 22.4 Å². The highest BCUT2D eigenvalue weighted by atomic mass is 19.4. The molecule has 2 aromatic carbocycles. The van der Waals surface area contributed by atoms with Gasteiger partial charge in [0.25, 0.3) is 0 Å². The third-order valence-electron chi connectivity index (χ3n) is 5.37. The van der Waals surface area contributed by atoms with Crippen molar-refractivity contribution in [1.29, 1.82) is 0 Å². The van der Waals surface area contributed by atoms with E-state index in [1.165, 1.54) is 12.1 Å². The van der Waals surface area contributed by atoms with Crippen molar-refractivity contribution in [2.75, 3.05) is 13.6 Å². The van der Waals surface area contributed by atoms with Crippen molar-refractivity contribution >= 4 is 10.8 Å². The molecule has 5 nitrogen and oxygen atoms in total. The molecular formula is C21H20F3N3O2. The standard InChI is InChI=1S/C21H20F3N3O2/c1-27-12-4-7-17(27)18(13-8-10-14(11-9-13)21(22,23)24)29-20-16-6-3-2-5-15(16)19(28)25-26-20/h2-3,5-6,8-11,17-18H,4,7,12H2,1H3,(H,25,28)/t17-,18?/m0/s1. The highest BCUT2D eigenvalue weighted by Gasteiger charge is 2.34. The minimum absolute atomic E-state index is 0.0129. The van der Waals surface area contributed by atoms with Gasteiger partial charge in [0.2, 0.25) is 11.8 Å². The predicted octanol–water partition coefficient (Wildman–Crippen LogP) is 4.57. The topological polar surface area (TPSA) is 58.5 Å². The maximum Gasteiger partial charge on any atom is 0.416 e. The second kappa shape index (κ2) is 7.51. The van der Waals surface area contributed by atoms with Crippen molar-refractivity contribution in [2.45, 2.75) is 31.2 Å². The lowest BCUT2D eigenvalue weighted by Crippen LogP contribution is -2.34. The number of aromatic hydroxyl groups is 1. The van der Waals surface area contributed by atoms with Gasteiger partial charge in [0.1, 0.15) is 6.10 Å². The van der Waals surface area contributed by atoms with E-state index in [2.05, 4.69) is 15.1 Å². The smallest absolute Gasteiger partial charge is 0.416 e. The monoisotopic (exact) mass is 403 g/mol. The van der Waals surface area contributed by atoms with Crippen LogP contribution in [-0.2, 0) is 6.18 Å². The van der Waals surface area contributed by atoms with E-state index in [1.54, 1.807) is 24.3 Å². The molecule has 29 heavy (non-hydrogen) atoms. The number of halogens is 3. The zero-order valence-corrected chi connectivity index (χ0v) is 15.7. The summed E-state index contributed by atoms with van der Waals surface area (Å²) in [4.78, 5) is 2.14. The molecule has 152 valence electrons. The van der Waals surface area contributed by atoms with Crippen molar-refractivity contribution in [3.05, 3.63) is 59.7 Å². The molecule has 1 aliphatic rings. The Morgan fingerprint density at radius 2 is 1.76 bits per heavy atom. The van der Waals surface area contributed by atoms with Crippen LogP contribution in [0.5, 0.6) is 11.8 Å². The lowest BCUT2D eigenvalue weighted by atomic mass is 9.98. The summed E-state index contributed by atoms with van der Waals surface area (Å²) >= 11 is 0. The van der Waals surface area contributed by atoms with Gasteiger partial charge >= 0.3 is 6.18 Å². The zero-order valence-electron chi connectivity index (χ0n) is 15.7. The molecule has 0 spiro atoms. The minimum atomic E-state index is -4.39. The molecule has 1 fully saturated rings. The Bertz CT molecular complexity index is 1010. The Kier molecular flexibility index (Phi) is 5.04. The van der Waals surface area contributed by atoms with Crippen LogP contribution < -0.4 is 4.74 Å². The van der Waals surface area contributed by atoms with Gasteiger partial charge in [-0.15, -0.1) is 10.2 Å². The van der Waals surface area contributed by atoms with Crippen LogP contribution in [0.1, 0.15) is 30.1 Å². The molecule has 1 unspecified atom stereocenters. The summed E-state index contributed by atoms with van der Waals surface area (Å²) in [7, 11) is 1.97. The number of aromatic nitrogens is 2. The van der Waals surface area contributed by atoms with E-state index < -0.39 is 17.8 Å². The van der Waals surface area contributed by atoms with E-state index in [0.717, 1.165) is 31.5 Å².